The van der Waals surface area contributed by atoms with Gasteiger partial charge in [-0.05, 0) is 30.8 Å². The van der Waals surface area contributed by atoms with E-state index in [0.29, 0.717) is 11.6 Å². The van der Waals surface area contributed by atoms with Gasteiger partial charge in [-0.1, -0.05) is 85.0 Å². The van der Waals surface area contributed by atoms with E-state index in [4.69, 9.17) is 4.74 Å². The topological polar surface area (TPSA) is 64.1 Å². The van der Waals surface area contributed by atoms with E-state index in [9.17, 15) is 4.79 Å². The zero-order valence-corrected chi connectivity index (χ0v) is 22.4. The molecule has 0 fully saturated rings. The summed E-state index contributed by atoms with van der Waals surface area (Å²) < 4.78 is 5.45. The van der Waals surface area contributed by atoms with Gasteiger partial charge in [-0.15, -0.1) is 23.5 Å². The lowest BCUT2D eigenvalue weighted by Gasteiger charge is -2.18. The Kier molecular flexibility index (Phi) is 17.7. The van der Waals surface area contributed by atoms with Gasteiger partial charge in [-0.3, -0.25) is 4.79 Å². The molecule has 0 aromatic carbocycles. The lowest BCUT2D eigenvalue weighted by molar-refractivity contribution is -0.115. The summed E-state index contributed by atoms with van der Waals surface area (Å²) in [5, 5.41) is 3.90. The second-order valence-electron chi connectivity index (χ2n) is 8.23. The highest BCUT2D eigenvalue weighted by Crippen LogP contribution is 2.33. The van der Waals surface area contributed by atoms with E-state index >= 15 is 0 Å². The molecule has 5 nitrogen and oxygen atoms in total. The maximum Gasteiger partial charge on any atom is 0.241 e. The molecule has 0 aliphatic rings. The normalized spacial score (nSPS) is 12.0. The van der Waals surface area contributed by atoms with Crippen molar-refractivity contribution in [2.24, 2.45) is 0 Å². The van der Waals surface area contributed by atoms with Crippen LogP contribution in [0.1, 0.15) is 104 Å². The van der Waals surface area contributed by atoms with Crippen molar-refractivity contribution in [1.82, 2.24) is 9.97 Å². The Labute approximate surface area is 205 Å². The molecule has 1 atom stereocenters. The molecule has 7 heteroatoms. The summed E-state index contributed by atoms with van der Waals surface area (Å²) >= 11 is 3.47. The molecule has 0 spiro atoms. The van der Waals surface area contributed by atoms with Crippen LogP contribution < -0.4 is 10.1 Å². The molecule has 0 radical (unpaired) electrons. The Morgan fingerprint density at radius 3 is 2.25 bits per heavy atom. The minimum Gasteiger partial charge on any atom is -0.479 e. The highest BCUT2D eigenvalue weighted by Gasteiger charge is 2.22. The van der Waals surface area contributed by atoms with E-state index in [1.54, 1.807) is 18.9 Å². The van der Waals surface area contributed by atoms with Crippen LogP contribution in [0.5, 0.6) is 5.88 Å². The van der Waals surface area contributed by atoms with Crippen molar-refractivity contribution >= 4 is 35.1 Å². The molecule has 0 aliphatic carbocycles. The Hall–Kier alpha value is -0.950. The molecule has 184 valence electrons. The number of nitrogens with one attached hydrogen (secondary N) is 1. The van der Waals surface area contributed by atoms with Gasteiger partial charge in [0.05, 0.1) is 12.4 Å². The third-order valence-corrected chi connectivity index (χ3v) is 7.84. The summed E-state index contributed by atoms with van der Waals surface area (Å²) in [4.78, 5) is 21.9. The second kappa shape index (κ2) is 19.5. The number of hydrogen-bond acceptors (Lipinski definition) is 6. The highest BCUT2D eigenvalue weighted by molar-refractivity contribution is 8.00. The predicted octanol–water partition coefficient (Wildman–Crippen LogP) is 7.75. The minimum absolute atomic E-state index is 0.0406. The Balaban J connectivity index is 2.77. The fourth-order valence-corrected chi connectivity index (χ4v) is 5.63. The standard InChI is InChI=1S/C25H45N3O2S2/c1-5-8-11-13-14-15-17-21(31-19-16-12-9-6-2)23(29)28-22-24(30-4)26-20-27-25(22)32-18-10-7-3/h20-21H,5-19H2,1-4H3,(H,28,29). The molecule has 0 aliphatic heterocycles. The van der Waals surface area contributed by atoms with E-state index in [2.05, 4.69) is 36.1 Å². The minimum atomic E-state index is -0.0406. The number of rotatable bonds is 20. The van der Waals surface area contributed by atoms with Gasteiger partial charge in [-0.2, -0.15) is 4.98 Å². The van der Waals surface area contributed by atoms with Crippen molar-refractivity contribution < 1.29 is 9.53 Å². The summed E-state index contributed by atoms with van der Waals surface area (Å²) in [5.74, 6) is 2.50. The molecular weight excluding hydrogens is 438 g/mol. The average molecular weight is 484 g/mol. The van der Waals surface area contributed by atoms with E-state index < -0.39 is 0 Å². The van der Waals surface area contributed by atoms with Crippen LogP contribution in [0, 0.1) is 0 Å². The third kappa shape index (κ3) is 12.3. The Morgan fingerprint density at radius 1 is 0.906 bits per heavy atom. The number of ether oxygens (including phenoxy) is 1. The van der Waals surface area contributed by atoms with E-state index in [-0.39, 0.29) is 11.2 Å². The van der Waals surface area contributed by atoms with Gasteiger partial charge in [0.15, 0.2) is 0 Å². The molecule has 1 aromatic rings. The van der Waals surface area contributed by atoms with Crippen LogP contribution >= 0.6 is 23.5 Å². The summed E-state index contributed by atoms with van der Waals surface area (Å²) in [7, 11) is 1.59. The molecule has 1 unspecified atom stereocenters. The predicted molar refractivity (Wildman–Crippen MR) is 141 cm³/mol. The van der Waals surface area contributed by atoms with Crippen LogP contribution in [0.2, 0.25) is 0 Å². The van der Waals surface area contributed by atoms with Crippen molar-refractivity contribution in [3.05, 3.63) is 6.33 Å². The Bertz CT molecular complexity index is 617. The van der Waals surface area contributed by atoms with Crippen LogP contribution in [0.15, 0.2) is 11.4 Å². The van der Waals surface area contributed by atoms with Crippen LogP contribution in [-0.4, -0.2) is 39.7 Å². The maximum atomic E-state index is 13.3. The van der Waals surface area contributed by atoms with Gasteiger partial charge in [0, 0.05) is 0 Å². The van der Waals surface area contributed by atoms with Gasteiger partial charge in [0.2, 0.25) is 11.8 Å². The van der Waals surface area contributed by atoms with Gasteiger partial charge >= 0.3 is 0 Å². The zero-order chi connectivity index (χ0) is 23.4. The molecule has 0 saturated heterocycles. The fraction of sp³-hybridized carbons (Fsp3) is 0.800. The summed E-state index contributed by atoms with van der Waals surface area (Å²) in [6, 6.07) is 0. The maximum absolute atomic E-state index is 13.3. The van der Waals surface area contributed by atoms with Crippen molar-refractivity contribution in [2.75, 3.05) is 23.9 Å². The third-order valence-electron chi connectivity index (χ3n) is 5.39. The summed E-state index contributed by atoms with van der Waals surface area (Å²) in [5.41, 5.74) is 0.626. The molecular formula is C25H45N3O2S2. The van der Waals surface area contributed by atoms with E-state index in [1.807, 2.05) is 11.8 Å². The molecule has 32 heavy (non-hydrogen) atoms. The lowest BCUT2D eigenvalue weighted by atomic mass is 10.1. The number of carbonyl (C=O) groups is 1. The van der Waals surface area contributed by atoms with Crippen LogP contribution in [-0.2, 0) is 4.79 Å². The number of amides is 1. The number of carbonyl (C=O) groups excluding carboxylic acids is 1. The number of methoxy groups -OCH3 is 1. The molecule has 0 saturated carbocycles. The number of thioether (sulfide) groups is 2. The fourth-order valence-electron chi connectivity index (χ4n) is 3.40. The average Bonchev–Trinajstić information content (AvgIpc) is 2.80. The first kappa shape index (κ1) is 29.1. The van der Waals surface area contributed by atoms with Crippen LogP contribution in [0.25, 0.3) is 0 Å². The first-order chi connectivity index (χ1) is 15.7. The molecule has 1 heterocycles. The van der Waals surface area contributed by atoms with Gasteiger partial charge in [0.25, 0.3) is 0 Å². The van der Waals surface area contributed by atoms with Crippen molar-refractivity contribution in [3.8, 4) is 5.88 Å². The van der Waals surface area contributed by atoms with Crippen molar-refractivity contribution in [2.45, 2.75) is 115 Å². The second-order valence-corrected chi connectivity index (χ2v) is 10.6. The number of nitrogens with zero attached hydrogens (tertiary/aromatic N) is 2. The zero-order valence-electron chi connectivity index (χ0n) is 20.8. The van der Waals surface area contributed by atoms with Crippen LogP contribution in [0.3, 0.4) is 0 Å². The quantitative estimate of drug-likeness (QED) is 0.116. The SMILES string of the molecule is CCCCCCCCC(SCCCCCC)C(=O)Nc1c(OC)ncnc1SCCCC. The smallest absolute Gasteiger partial charge is 0.241 e. The van der Waals surface area contributed by atoms with E-state index in [0.717, 1.165) is 42.2 Å². The highest BCUT2D eigenvalue weighted by atomic mass is 32.2. The number of aromatic nitrogens is 2. The number of hydrogen-bond donors (Lipinski definition) is 1. The van der Waals surface area contributed by atoms with Gasteiger partial charge < -0.3 is 10.1 Å². The van der Waals surface area contributed by atoms with Crippen LogP contribution in [0.4, 0.5) is 5.69 Å². The largest absolute Gasteiger partial charge is 0.479 e. The molecule has 1 aromatic heterocycles. The van der Waals surface area contributed by atoms with Gasteiger partial charge in [-0.25, -0.2) is 4.98 Å². The first-order valence-corrected chi connectivity index (χ1v) is 14.6. The van der Waals surface area contributed by atoms with Gasteiger partial charge in [0.1, 0.15) is 17.0 Å². The first-order valence-electron chi connectivity index (χ1n) is 12.6. The molecule has 1 rings (SSSR count). The summed E-state index contributed by atoms with van der Waals surface area (Å²) in [6.45, 7) is 6.65. The number of anilines is 1. The summed E-state index contributed by atoms with van der Waals surface area (Å²) in [6.07, 6.45) is 17.0. The number of unbranched alkanes of at least 4 members (excludes halogenated alkanes) is 9. The molecule has 1 N–H and O–H groups in total. The molecule has 1 amide bonds. The molecule has 0 bridgehead atoms. The lowest BCUT2D eigenvalue weighted by Crippen LogP contribution is -2.26. The van der Waals surface area contributed by atoms with Crippen molar-refractivity contribution in [1.29, 1.82) is 0 Å². The monoisotopic (exact) mass is 483 g/mol. The Morgan fingerprint density at radius 2 is 1.56 bits per heavy atom. The van der Waals surface area contributed by atoms with Crippen molar-refractivity contribution in [3.63, 3.8) is 0 Å². The van der Waals surface area contributed by atoms with E-state index in [1.165, 1.54) is 64.1 Å².